The number of fused-ring (bicyclic) bond motifs is 1. The first-order valence-electron chi connectivity index (χ1n) is 5.68. The summed E-state index contributed by atoms with van der Waals surface area (Å²) in [5.41, 5.74) is 6.95. The van der Waals surface area contributed by atoms with Crippen LogP contribution in [0.15, 0.2) is 35.7 Å². The van der Waals surface area contributed by atoms with E-state index in [2.05, 4.69) is 11.1 Å². The van der Waals surface area contributed by atoms with Crippen molar-refractivity contribution in [1.82, 2.24) is 9.55 Å². The van der Waals surface area contributed by atoms with Crippen LogP contribution < -0.4 is 5.73 Å². The van der Waals surface area contributed by atoms with Crippen LogP contribution in [0.3, 0.4) is 0 Å². The first kappa shape index (κ1) is 11.2. The number of para-hydroxylation sites is 1. The molecule has 0 saturated carbocycles. The Morgan fingerprint density at radius 1 is 1.28 bits per heavy atom. The fourth-order valence-electron chi connectivity index (χ4n) is 2.04. The van der Waals surface area contributed by atoms with Crippen molar-refractivity contribution in [2.75, 3.05) is 5.73 Å². The third-order valence-electron chi connectivity index (χ3n) is 2.92. The van der Waals surface area contributed by atoms with E-state index in [0.717, 1.165) is 11.9 Å². The van der Waals surface area contributed by atoms with E-state index in [1.54, 1.807) is 17.4 Å². The number of imidazole rings is 1. The molecule has 0 aliphatic carbocycles. The van der Waals surface area contributed by atoms with Crippen LogP contribution in [0.4, 0.5) is 10.3 Å². The van der Waals surface area contributed by atoms with Gasteiger partial charge in [-0.3, -0.25) is 0 Å². The Hall–Kier alpha value is -1.88. The summed E-state index contributed by atoms with van der Waals surface area (Å²) in [6, 6.07) is 9.03. The molecule has 3 aromatic rings. The molecular formula is C13H12FN3S. The topological polar surface area (TPSA) is 43.8 Å². The maximum Gasteiger partial charge on any atom is 0.201 e. The highest BCUT2D eigenvalue weighted by atomic mass is 32.1. The minimum Gasteiger partial charge on any atom is -0.369 e. The highest BCUT2D eigenvalue weighted by molar-refractivity contribution is 7.09. The van der Waals surface area contributed by atoms with Crippen LogP contribution in [0.25, 0.3) is 11.0 Å². The summed E-state index contributed by atoms with van der Waals surface area (Å²) in [6.45, 7) is 0.715. The first-order valence-corrected chi connectivity index (χ1v) is 6.56. The lowest BCUT2D eigenvalue weighted by atomic mass is 10.3. The van der Waals surface area contributed by atoms with Gasteiger partial charge in [0.15, 0.2) is 5.82 Å². The van der Waals surface area contributed by atoms with E-state index in [1.165, 1.54) is 10.9 Å². The Balaban J connectivity index is 1.96. The van der Waals surface area contributed by atoms with Crippen molar-refractivity contribution >= 4 is 28.3 Å². The van der Waals surface area contributed by atoms with Crippen LogP contribution in [0.5, 0.6) is 0 Å². The minimum atomic E-state index is -0.325. The molecule has 2 heterocycles. The van der Waals surface area contributed by atoms with Crippen LogP contribution in [-0.2, 0) is 13.0 Å². The number of rotatable bonds is 3. The fraction of sp³-hybridized carbons (Fsp3) is 0.154. The number of aromatic nitrogens is 2. The number of anilines is 1. The predicted molar refractivity (Wildman–Crippen MR) is 72.1 cm³/mol. The lowest BCUT2D eigenvalue weighted by Crippen LogP contribution is -2.04. The zero-order valence-electron chi connectivity index (χ0n) is 9.64. The number of nitrogens with two attached hydrogens (primary N) is 1. The Morgan fingerprint density at radius 2 is 2.17 bits per heavy atom. The maximum atomic E-state index is 13.6. The minimum absolute atomic E-state index is 0.325. The van der Waals surface area contributed by atoms with E-state index in [0.29, 0.717) is 18.0 Å². The SMILES string of the molecule is Nc1nc2c(F)cccc2n1CCc1cccs1. The molecule has 0 unspecified atom stereocenters. The maximum absolute atomic E-state index is 13.6. The molecule has 0 radical (unpaired) electrons. The molecule has 2 N–H and O–H groups in total. The average Bonchev–Trinajstić information content (AvgIpc) is 2.95. The van der Waals surface area contributed by atoms with Gasteiger partial charge in [0.2, 0.25) is 5.95 Å². The Labute approximate surface area is 108 Å². The van der Waals surface area contributed by atoms with Gasteiger partial charge in [-0.2, -0.15) is 0 Å². The van der Waals surface area contributed by atoms with E-state index in [4.69, 9.17) is 5.73 Å². The van der Waals surface area contributed by atoms with Crippen LogP contribution in [0.1, 0.15) is 4.88 Å². The number of nitrogens with zero attached hydrogens (tertiary/aromatic N) is 2. The number of nitrogen functional groups attached to an aromatic ring is 1. The summed E-state index contributed by atoms with van der Waals surface area (Å²) in [5.74, 6) is 0.0423. The van der Waals surface area contributed by atoms with E-state index < -0.39 is 0 Å². The molecule has 0 aliphatic rings. The summed E-state index contributed by atoms with van der Waals surface area (Å²) in [4.78, 5) is 5.37. The van der Waals surface area contributed by atoms with Crippen LogP contribution in [0, 0.1) is 5.82 Å². The third-order valence-corrected chi connectivity index (χ3v) is 3.86. The Morgan fingerprint density at radius 3 is 2.94 bits per heavy atom. The second-order valence-corrected chi connectivity index (χ2v) is 5.09. The van der Waals surface area contributed by atoms with Crippen LogP contribution in [0.2, 0.25) is 0 Å². The molecule has 0 bridgehead atoms. The lowest BCUT2D eigenvalue weighted by Gasteiger charge is -2.05. The molecule has 92 valence electrons. The van der Waals surface area contributed by atoms with Gasteiger partial charge in [0.25, 0.3) is 0 Å². The zero-order valence-corrected chi connectivity index (χ0v) is 10.5. The van der Waals surface area contributed by atoms with Crippen LogP contribution in [-0.4, -0.2) is 9.55 Å². The number of benzene rings is 1. The first-order chi connectivity index (χ1) is 8.75. The quantitative estimate of drug-likeness (QED) is 0.787. The molecule has 18 heavy (non-hydrogen) atoms. The number of aryl methyl sites for hydroxylation is 2. The highest BCUT2D eigenvalue weighted by Crippen LogP contribution is 2.21. The number of halogens is 1. The molecule has 0 saturated heterocycles. The average molecular weight is 261 g/mol. The van der Waals surface area contributed by atoms with E-state index in [1.807, 2.05) is 22.1 Å². The van der Waals surface area contributed by atoms with E-state index in [-0.39, 0.29) is 5.82 Å². The highest BCUT2D eigenvalue weighted by Gasteiger charge is 2.11. The van der Waals surface area contributed by atoms with E-state index in [9.17, 15) is 4.39 Å². The molecule has 0 amide bonds. The molecular weight excluding hydrogens is 249 g/mol. The van der Waals surface area contributed by atoms with Gasteiger partial charge in [0.05, 0.1) is 5.52 Å². The standard InChI is InChI=1S/C13H12FN3S/c14-10-4-1-5-11-12(10)16-13(15)17(11)7-6-9-3-2-8-18-9/h1-5,8H,6-7H2,(H2,15,16). The summed E-state index contributed by atoms with van der Waals surface area (Å²) in [5, 5.41) is 2.05. The number of hydrogen-bond donors (Lipinski definition) is 1. The largest absolute Gasteiger partial charge is 0.369 e. The van der Waals surface area contributed by atoms with Crippen molar-refractivity contribution in [2.45, 2.75) is 13.0 Å². The van der Waals surface area contributed by atoms with Crippen molar-refractivity contribution < 1.29 is 4.39 Å². The summed E-state index contributed by atoms with van der Waals surface area (Å²) < 4.78 is 15.4. The zero-order chi connectivity index (χ0) is 12.5. The monoisotopic (exact) mass is 261 g/mol. The normalized spacial score (nSPS) is 11.2. The molecule has 3 rings (SSSR count). The Kier molecular flexibility index (Phi) is 2.76. The molecule has 1 aromatic carbocycles. The lowest BCUT2D eigenvalue weighted by molar-refractivity contribution is 0.637. The van der Waals surface area contributed by atoms with Gasteiger partial charge in [0, 0.05) is 11.4 Å². The molecule has 5 heteroatoms. The molecule has 2 aromatic heterocycles. The van der Waals surface area contributed by atoms with Gasteiger partial charge in [-0.25, -0.2) is 9.37 Å². The molecule has 0 fully saturated rings. The second kappa shape index (κ2) is 4.42. The summed E-state index contributed by atoms with van der Waals surface area (Å²) >= 11 is 1.71. The third kappa shape index (κ3) is 1.86. The fourth-order valence-corrected chi connectivity index (χ4v) is 2.74. The molecule has 3 nitrogen and oxygen atoms in total. The predicted octanol–water partition coefficient (Wildman–Crippen LogP) is 3.06. The van der Waals surface area contributed by atoms with Crippen molar-refractivity contribution in [3.63, 3.8) is 0 Å². The summed E-state index contributed by atoms with van der Waals surface area (Å²) in [7, 11) is 0. The van der Waals surface area contributed by atoms with Crippen LogP contribution >= 0.6 is 11.3 Å². The van der Waals surface area contributed by atoms with Gasteiger partial charge in [-0.1, -0.05) is 12.1 Å². The van der Waals surface area contributed by atoms with Gasteiger partial charge >= 0.3 is 0 Å². The smallest absolute Gasteiger partial charge is 0.201 e. The van der Waals surface area contributed by atoms with Crippen molar-refractivity contribution in [2.24, 2.45) is 0 Å². The molecule has 0 spiro atoms. The van der Waals surface area contributed by atoms with Gasteiger partial charge in [0.1, 0.15) is 5.52 Å². The van der Waals surface area contributed by atoms with Crippen molar-refractivity contribution in [1.29, 1.82) is 0 Å². The second-order valence-electron chi connectivity index (χ2n) is 4.06. The van der Waals surface area contributed by atoms with E-state index >= 15 is 0 Å². The van der Waals surface area contributed by atoms with Crippen molar-refractivity contribution in [3.8, 4) is 0 Å². The molecule has 0 aliphatic heterocycles. The Bertz CT molecular complexity index is 673. The van der Waals surface area contributed by atoms with Gasteiger partial charge in [-0.15, -0.1) is 11.3 Å². The number of hydrogen-bond acceptors (Lipinski definition) is 3. The van der Waals surface area contributed by atoms with Crippen molar-refractivity contribution in [3.05, 3.63) is 46.4 Å². The van der Waals surface area contributed by atoms with Gasteiger partial charge in [-0.05, 0) is 30.0 Å². The van der Waals surface area contributed by atoms with Gasteiger partial charge < -0.3 is 10.3 Å². The number of thiophene rings is 1. The summed E-state index contributed by atoms with van der Waals surface area (Å²) in [6.07, 6.45) is 0.879. The molecule has 0 atom stereocenters.